The second-order valence-electron chi connectivity index (χ2n) is 8.30. The molecule has 1 N–H and O–H groups in total. The van der Waals surface area contributed by atoms with Crippen LogP contribution in [0.1, 0.15) is 17.5 Å². The Labute approximate surface area is 169 Å². The van der Waals surface area contributed by atoms with Crippen molar-refractivity contribution in [2.24, 2.45) is 11.3 Å². The summed E-state index contributed by atoms with van der Waals surface area (Å²) in [6.07, 6.45) is 2.11. The van der Waals surface area contributed by atoms with E-state index < -0.39 is 17.0 Å². The Morgan fingerprint density at radius 3 is 2.59 bits per heavy atom. The number of hydrogen-bond donors (Lipinski definition) is 1. The van der Waals surface area contributed by atoms with Crippen molar-refractivity contribution >= 4 is 5.91 Å². The molecule has 2 aliphatic rings. The van der Waals surface area contributed by atoms with Gasteiger partial charge in [-0.1, -0.05) is 12.1 Å². The Hall–Kier alpha value is -2.47. The quantitative estimate of drug-likeness (QED) is 0.810. The summed E-state index contributed by atoms with van der Waals surface area (Å²) in [5.74, 6) is 0.0856. The van der Waals surface area contributed by atoms with Crippen molar-refractivity contribution in [3.63, 3.8) is 0 Å². The summed E-state index contributed by atoms with van der Waals surface area (Å²) in [7, 11) is 1.64. The van der Waals surface area contributed by atoms with Gasteiger partial charge in [-0.25, -0.2) is 8.78 Å². The summed E-state index contributed by atoms with van der Waals surface area (Å²) in [6.45, 7) is 2.66. The first-order valence-corrected chi connectivity index (χ1v) is 10.1. The van der Waals surface area contributed by atoms with Gasteiger partial charge >= 0.3 is 0 Å². The lowest BCUT2D eigenvalue weighted by Crippen LogP contribution is -2.63. The predicted octanol–water partition coefficient (Wildman–Crippen LogP) is 3.20. The second-order valence-corrected chi connectivity index (χ2v) is 8.30. The standard InChI is InChI=1S/C23H26F2N2O2/c1-29-21-4-2-3-16(10-21)12-23(14-26-15-23)22(28)27-6-5-17(13-27)7-18-8-19(24)11-20(25)9-18/h2-4,8-11,17,26H,5-7,12-15H2,1H3. The molecule has 2 heterocycles. The van der Waals surface area contributed by atoms with E-state index in [1.54, 1.807) is 7.11 Å². The Kier molecular flexibility index (Phi) is 5.54. The predicted molar refractivity (Wildman–Crippen MR) is 107 cm³/mol. The molecule has 0 spiro atoms. The molecule has 1 amide bonds. The van der Waals surface area contributed by atoms with E-state index in [4.69, 9.17) is 4.74 Å². The van der Waals surface area contributed by atoms with Gasteiger partial charge in [-0.15, -0.1) is 0 Å². The van der Waals surface area contributed by atoms with E-state index in [-0.39, 0.29) is 11.8 Å². The highest BCUT2D eigenvalue weighted by Crippen LogP contribution is 2.34. The van der Waals surface area contributed by atoms with E-state index >= 15 is 0 Å². The molecule has 6 heteroatoms. The molecule has 0 aromatic heterocycles. The van der Waals surface area contributed by atoms with Gasteiger partial charge in [-0.2, -0.15) is 0 Å². The number of hydrogen-bond acceptors (Lipinski definition) is 3. The van der Waals surface area contributed by atoms with E-state index in [0.29, 0.717) is 44.6 Å². The monoisotopic (exact) mass is 400 g/mol. The van der Waals surface area contributed by atoms with Crippen LogP contribution in [0, 0.1) is 23.0 Å². The Morgan fingerprint density at radius 2 is 1.93 bits per heavy atom. The SMILES string of the molecule is COc1cccc(CC2(C(=O)N3CCC(Cc4cc(F)cc(F)c4)C3)CNC2)c1. The average molecular weight is 400 g/mol. The number of halogens is 2. The number of amides is 1. The van der Waals surface area contributed by atoms with Crippen LogP contribution in [-0.2, 0) is 17.6 Å². The number of methoxy groups -OCH3 is 1. The fraction of sp³-hybridized carbons (Fsp3) is 0.435. The van der Waals surface area contributed by atoms with Gasteiger partial charge in [0.2, 0.25) is 5.91 Å². The highest BCUT2D eigenvalue weighted by molar-refractivity contribution is 5.85. The number of benzene rings is 2. The fourth-order valence-corrected chi connectivity index (χ4v) is 4.53. The van der Waals surface area contributed by atoms with Gasteiger partial charge in [0.15, 0.2) is 0 Å². The van der Waals surface area contributed by atoms with Crippen molar-refractivity contribution < 1.29 is 18.3 Å². The summed E-state index contributed by atoms with van der Waals surface area (Å²) in [5, 5.41) is 3.26. The van der Waals surface area contributed by atoms with Crippen molar-refractivity contribution in [3.8, 4) is 5.75 Å². The molecule has 2 aromatic carbocycles. The van der Waals surface area contributed by atoms with Crippen molar-refractivity contribution in [3.05, 3.63) is 65.2 Å². The lowest BCUT2D eigenvalue weighted by atomic mass is 9.75. The molecule has 1 atom stereocenters. The van der Waals surface area contributed by atoms with Crippen LogP contribution in [0.5, 0.6) is 5.75 Å². The fourth-order valence-electron chi connectivity index (χ4n) is 4.53. The number of nitrogens with zero attached hydrogens (tertiary/aromatic N) is 1. The van der Waals surface area contributed by atoms with Crippen LogP contribution in [0.3, 0.4) is 0 Å². The smallest absolute Gasteiger partial charge is 0.231 e. The molecule has 1 unspecified atom stereocenters. The number of likely N-dealkylation sites (tertiary alicyclic amines) is 1. The van der Waals surface area contributed by atoms with Gasteiger partial charge in [0.05, 0.1) is 12.5 Å². The maximum atomic E-state index is 13.5. The number of rotatable bonds is 6. The summed E-state index contributed by atoms with van der Waals surface area (Å²) >= 11 is 0. The van der Waals surface area contributed by atoms with E-state index in [2.05, 4.69) is 5.32 Å². The Bertz CT molecular complexity index is 878. The van der Waals surface area contributed by atoms with Crippen LogP contribution >= 0.6 is 0 Å². The van der Waals surface area contributed by atoms with Crippen LogP contribution in [0.25, 0.3) is 0 Å². The molecule has 4 nitrogen and oxygen atoms in total. The van der Waals surface area contributed by atoms with Crippen LogP contribution in [0.15, 0.2) is 42.5 Å². The van der Waals surface area contributed by atoms with Gasteiger partial charge in [0.25, 0.3) is 0 Å². The van der Waals surface area contributed by atoms with Crippen LogP contribution in [0.2, 0.25) is 0 Å². The van der Waals surface area contributed by atoms with Crippen molar-refractivity contribution in [2.45, 2.75) is 19.3 Å². The zero-order valence-electron chi connectivity index (χ0n) is 16.6. The topological polar surface area (TPSA) is 41.6 Å². The third-order valence-electron chi connectivity index (χ3n) is 6.08. The minimum absolute atomic E-state index is 0.173. The number of ether oxygens (including phenoxy) is 1. The molecular formula is C23H26F2N2O2. The van der Waals surface area contributed by atoms with Crippen molar-refractivity contribution in [1.29, 1.82) is 0 Å². The molecule has 154 valence electrons. The van der Waals surface area contributed by atoms with Gasteiger partial charge in [-0.05, 0) is 60.6 Å². The van der Waals surface area contributed by atoms with Crippen LogP contribution < -0.4 is 10.1 Å². The molecule has 2 fully saturated rings. The third-order valence-corrected chi connectivity index (χ3v) is 6.08. The van der Waals surface area contributed by atoms with Crippen molar-refractivity contribution in [2.75, 3.05) is 33.3 Å². The minimum Gasteiger partial charge on any atom is -0.497 e. The van der Waals surface area contributed by atoms with Crippen molar-refractivity contribution in [1.82, 2.24) is 10.2 Å². The van der Waals surface area contributed by atoms with E-state index in [0.717, 1.165) is 23.8 Å². The summed E-state index contributed by atoms with van der Waals surface area (Å²) in [5.41, 5.74) is 1.31. The van der Waals surface area contributed by atoms with Gasteiger partial charge in [0, 0.05) is 32.2 Å². The van der Waals surface area contributed by atoms with E-state index in [9.17, 15) is 13.6 Å². The number of nitrogens with one attached hydrogen (secondary N) is 1. The number of carbonyl (C=O) groups is 1. The summed E-state index contributed by atoms with van der Waals surface area (Å²) in [6, 6.07) is 11.5. The Morgan fingerprint density at radius 1 is 1.17 bits per heavy atom. The second kappa shape index (κ2) is 8.11. The molecule has 0 bridgehead atoms. The summed E-state index contributed by atoms with van der Waals surface area (Å²) in [4.78, 5) is 15.3. The normalized spacial score (nSPS) is 20.4. The van der Waals surface area contributed by atoms with E-state index in [1.807, 2.05) is 29.2 Å². The maximum Gasteiger partial charge on any atom is 0.231 e. The minimum atomic E-state index is -0.552. The summed E-state index contributed by atoms with van der Waals surface area (Å²) < 4.78 is 32.2. The third kappa shape index (κ3) is 4.27. The lowest BCUT2D eigenvalue weighted by molar-refractivity contribution is -0.144. The molecule has 0 saturated carbocycles. The molecule has 2 saturated heterocycles. The highest BCUT2D eigenvalue weighted by atomic mass is 19.1. The van der Waals surface area contributed by atoms with E-state index in [1.165, 1.54) is 12.1 Å². The first-order chi connectivity index (χ1) is 14.0. The van der Waals surface area contributed by atoms with Crippen LogP contribution in [-0.4, -0.2) is 44.1 Å². The first-order valence-electron chi connectivity index (χ1n) is 10.1. The zero-order valence-corrected chi connectivity index (χ0v) is 16.6. The largest absolute Gasteiger partial charge is 0.497 e. The molecule has 4 rings (SSSR count). The number of carbonyl (C=O) groups excluding carboxylic acids is 1. The molecule has 0 aliphatic carbocycles. The van der Waals surface area contributed by atoms with Crippen LogP contribution in [0.4, 0.5) is 8.78 Å². The Balaban J connectivity index is 1.41. The molecular weight excluding hydrogens is 374 g/mol. The average Bonchev–Trinajstić information content (AvgIpc) is 3.12. The van der Waals surface area contributed by atoms with Gasteiger partial charge in [0.1, 0.15) is 17.4 Å². The maximum absolute atomic E-state index is 13.5. The lowest BCUT2D eigenvalue weighted by Gasteiger charge is -2.43. The van der Waals surface area contributed by atoms with Gasteiger partial charge < -0.3 is 15.0 Å². The highest BCUT2D eigenvalue weighted by Gasteiger charge is 2.47. The molecule has 2 aliphatic heterocycles. The molecule has 2 aromatic rings. The zero-order chi connectivity index (χ0) is 20.4. The van der Waals surface area contributed by atoms with Gasteiger partial charge in [-0.3, -0.25) is 4.79 Å². The first kappa shape index (κ1) is 19.8. The molecule has 29 heavy (non-hydrogen) atoms. The molecule has 0 radical (unpaired) electrons.